The number of piperidine rings is 1. The SMILES string of the molecule is COc1ccc(CNC(=O)[C@@H]2CCCN(C(=O)Nc3ccccc3)C2)cc1. The molecule has 0 saturated carbocycles. The minimum Gasteiger partial charge on any atom is -0.497 e. The predicted molar refractivity (Wildman–Crippen MR) is 105 cm³/mol. The third-order valence-electron chi connectivity index (χ3n) is 4.73. The van der Waals surface area contributed by atoms with Gasteiger partial charge < -0.3 is 20.3 Å². The van der Waals surface area contributed by atoms with E-state index in [1.54, 1.807) is 12.0 Å². The quantitative estimate of drug-likeness (QED) is 0.852. The molecule has 0 aliphatic carbocycles. The van der Waals surface area contributed by atoms with E-state index in [1.807, 2.05) is 54.6 Å². The maximum absolute atomic E-state index is 12.5. The molecular weight excluding hydrogens is 342 g/mol. The number of ether oxygens (including phenoxy) is 1. The summed E-state index contributed by atoms with van der Waals surface area (Å²) in [6.45, 7) is 1.57. The van der Waals surface area contributed by atoms with Gasteiger partial charge in [0, 0.05) is 25.3 Å². The number of carbonyl (C=O) groups is 2. The number of urea groups is 1. The lowest BCUT2D eigenvalue weighted by molar-refractivity contribution is -0.126. The fourth-order valence-corrected chi connectivity index (χ4v) is 3.18. The number of methoxy groups -OCH3 is 1. The maximum Gasteiger partial charge on any atom is 0.321 e. The van der Waals surface area contributed by atoms with E-state index in [-0.39, 0.29) is 17.9 Å². The van der Waals surface area contributed by atoms with Crippen molar-refractivity contribution >= 4 is 17.6 Å². The smallest absolute Gasteiger partial charge is 0.321 e. The predicted octanol–water partition coefficient (Wildman–Crippen LogP) is 3.26. The van der Waals surface area contributed by atoms with Crippen LogP contribution in [0.4, 0.5) is 10.5 Å². The topological polar surface area (TPSA) is 70.7 Å². The van der Waals surface area contributed by atoms with Gasteiger partial charge in [0.1, 0.15) is 5.75 Å². The number of carbonyl (C=O) groups excluding carboxylic acids is 2. The molecule has 1 aliphatic heterocycles. The van der Waals surface area contributed by atoms with E-state index >= 15 is 0 Å². The standard InChI is InChI=1S/C21H25N3O3/c1-27-19-11-9-16(10-12-19)14-22-20(25)17-6-5-13-24(15-17)21(26)23-18-7-3-2-4-8-18/h2-4,7-12,17H,5-6,13-15H2,1H3,(H,22,25)(H,23,26)/t17-/m1/s1. The fourth-order valence-electron chi connectivity index (χ4n) is 3.18. The summed E-state index contributed by atoms with van der Waals surface area (Å²) in [5.41, 5.74) is 1.77. The van der Waals surface area contributed by atoms with Gasteiger partial charge in [0.15, 0.2) is 0 Å². The molecule has 0 aromatic heterocycles. The van der Waals surface area contributed by atoms with Crippen molar-refractivity contribution in [3.8, 4) is 5.75 Å². The number of anilines is 1. The number of hydrogen-bond donors (Lipinski definition) is 2. The zero-order valence-electron chi connectivity index (χ0n) is 15.5. The number of amides is 3. The van der Waals surface area contributed by atoms with Crippen LogP contribution in [-0.4, -0.2) is 37.0 Å². The number of para-hydroxylation sites is 1. The summed E-state index contributed by atoms with van der Waals surface area (Å²) >= 11 is 0. The second-order valence-electron chi connectivity index (χ2n) is 6.65. The van der Waals surface area contributed by atoms with Crippen LogP contribution in [0.2, 0.25) is 0 Å². The number of nitrogens with zero attached hydrogens (tertiary/aromatic N) is 1. The summed E-state index contributed by atoms with van der Waals surface area (Å²) in [5, 5.41) is 5.86. The summed E-state index contributed by atoms with van der Waals surface area (Å²) in [5.74, 6) is 0.596. The van der Waals surface area contributed by atoms with Crippen LogP contribution in [0.1, 0.15) is 18.4 Å². The van der Waals surface area contributed by atoms with Gasteiger partial charge in [-0.15, -0.1) is 0 Å². The third kappa shape index (κ3) is 5.23. The van der Waals surface area contributed by atoms with Crippen LogP contribution in [0, 0.1) is 5.92 Å². The van der Waals surface area contributed by atoms with Crippen molar-refractivity contribution in [2.45, 2.75) is 19.4 Å². The van der Waals surface area contributed by atoms with E-state index in [1.165, 1.54) is 0 Å². The van der Waals surface area contributed by atoms with E-state index in [2.05, 4.69) is 10.6 Å². The Morgan fingerprint density at radius 3 is 2.56 bits per heavy atom. The normalized spacial score (nSPS) is 16.5. The Hall–Kier alpha value is -3.02. The molecule has 3 amide bonds. The third-order valence-corrected chi connectivity index (χ3v) is 4.73. The number of benzene rings is 2. The molecule has 1 atom stereocenters. The van der Waals surface area contributed by atoms with E-state index in [0.717, 1.165) is 29.8 Å². The lowest BCUT2D eigenvalue weighted by Crippen LogP contribution is -2.46. The molecule has 1 aliphatic rings. The second-order valence-corrected chi connectivity index (χ2v) is 6.65. The Labute approximate surface area is 159 Å². The number of hydrogen-bond acceptors (Lipinski definition) is 3. The van der Waals surface area contributed by atoms with Crippen LogP contribution in [0.25, 0.3) is 0 Å². The van der Waals surface area contributed by atoms with Gasteiger partial charge in [0.05, 0.1) is 13.0 Å². The molecule has 0 unspecified atom stereocenters. The van der Waals surface area contributed by atoms with Gasteiger partial charge in [0.25, 0.3) is 0 Å². The Kier molecular flexibility index (Phi) is 6.30. The van der Waals surface area contributed by atoms with E-state index in [9.17, 15) is 9.59 Å². The molecule has 1 heterocycles. The molecule has 0 radical (unpaired) electrons. The number of nitrogens with one attached hydrogen (secondary N) is 2. The van der Waals surface area contributed by atoms with Crippen molar-refractivity contribution in [3.63, 3.8) is 0 Å². The first-order chi connectivity index (χ1) is 13.2. The molecule has 6 heteroatoms. The van der Waals surface area contributed by atoms with Crippen LogP contribution < -0.4 is 15.4 Å². The summed E-state index contributed by atoms with van der Waals surface area (Å²) in [4.78, 5) is 26.7. The van der Waals surface area contributed by atoms with Crippen molar-refractivity contribution in [3.05, 3.63) is 60.2 Å². The van der Waals surface area contributed by atoms with Crippen LogP contribution in [-0.2, 0) is 11.3 Å². The van der Waals surface area contributed by atoms with Crippen LogP contribution in [0.5, 0.6) is 5.75 Å². The van der Waals surface area contributed by atoms with Crippen molar-refractivity contribution in [2.24, 2.45) is 5.92 Å². The minimum absolute atomic E-state index is 0.0111. The highest BCUT2D eigenvalue weighted by atomic mass is 16.5. The van der Waals surface area contributed by atoms with Crippen molar-refractivity contribution in [1.29, 1.82) is 0 Å². The molecule has 2 aromatic rings. The van der Waals surface area contributed by atoms with Gasteiger partial charge in [-0.05, 0) is 42.7 Å². The fraction of sp³-hybridized carbons (Fsp3) is 0.333. The highest BCUT2D eigenvalue weighted by Gasteiger charge is 2.28. The molecule has 2 N–H and O–H groups in total. The van der Waals surface area contributed by atoms with Gasteiger partial charge in [0.2, 0.25) is 5.91 Å². The lowest BCUT2D eigenvalue weighted by Gasteiger charge is -2.32. The summed E-state index contributed by atoms with van der Waals surface area (Å²) in [6, 6.07) is 16.8. The molecule has 0 spiro atoms. The Balaban J connectivity index is 1.50. The molecule has 0 bridgehead atoms. The molecule has 1 fully saturated rings. The number of likely N-dealkylation sites (tertiary alicyclic amines) is 1. The molecule has 27 heavy (non-hydrogen) atoms. The van der Waals surface area contributed by atoms with Gasteiger partial charge in [-0.1, -0.05) is 30.3 Å². The summed E-state index contributed by atoms with van der Waals surface area (Å²) in [6.07, 6.45) is 1.62. The summed E-state index contributed by atoms with van der Waals surface area (Å²) in [7, 11) is 1.62. The first-order valence-corrected chi connectivity index (χ1v) is 9.17. The van der Waals surface area contributed by atoms with E-state index < -0.39 is 0 Å². The average Bonchev–Trinajstić information content (AvgIpc) is 2.73. The molecule has 2 aromatic carbocycles. The van der Waals surface area contributed by atoms with E-state index in [4.69, 9.17) is 4.74 Å². The van der Waals surface area contributed by atoms with Crippen molar-refractivity contribution in [2.75, 3.05) is 25.5 Å². The van der Waals surface area contributed by atoms with Gasteiger partial charge in [-0.2, -0.15) is 0 Å². The number of rotatable bonds is 5. The lowest BCUT2D eigenvalue weighted by atomic mass is 9.97. The highest BCUT2D eigenvalue weighted by molar-refractivity contribution is 5.90. The highest BCUT2D eigenvalue weighted by Crippen LogP contribution is 2.18. The molecular formula is C21H25N3O3. The molecule has 3 rings (SSSR count). The van der Waals surface area contributed by atoms with Crippen molar-refractivity contribution < 1.29 is 14.3 Å². The van der Waals surface area contributed by atoms with E-state index in [0.29, 0.717) is 19.6 Å². The Morgan fingerprint density at radius 2 is 1.85 bits per heavy atom. The maximum atomic E-state index is 12.5. The van der Waals surface area contributed by atoms with Crippen LogP contribution >= 0.6 is 0 Å². The minimum atomic E-state index is -0.182. The Morgan fingerprint density at radius 1 is 1.11 bits per heavy atom. The largest absolute Gasteiger partial charge is 0.497 e. The molecule has 1 saturated heterocycles. The average molecular weight is 367 g/mol. The van der Waals surface area contributed by atoms with Gasteiger partial charge in [-0.3, -0.25) is 4.79 Å². The van der Waals surface area contributed by atoms with Gasteiger partial charge in [-0.25, -0.2) is 4.79 Å². The van der Waals surface area contributed by atoms with Crippen LogP contribution in [0.15, 0.2) is 54.6 Å². The Bertz CT molecular complexity index is 762. The zero-order chi connectivity index (χ0) is 19.1. The second kappa shape index (κ2) is 9.07. The van der Waals surface area contributed by atoms with Gasteiger partial charge >= 0.3 is 6.03 Å². The first kappa shape index (κ1) is 18.8. The van der Waals surface area contributed by atoms with Crippen molar-refractivity contribution in [1.82, 2.24) is 10.2 Å². The van der Waals surface area contributed by atoms with Crippen LogP contribution in [0.3, 0.4) is 0 Å². The first-order valence-electron chi connectivity index (χ1n) is 9.17. The zero-order valence-corrected chi connectivity index (χ0v) is 15.5. The molecule has 142 valence electrons. The molecule has 6 nitrogen and oxygen atoms in total. The monoisotopic (exact) mass is 367 g/mol. The summed E-state index contributed by atoms with van der Waals surface area (Å²) < 4.78 is 5.14.